The van der Waals surface area contributed by atoms with Crippen LogP contribution >= 0.6 is 0 Å². The molecule has 1 rings (SSSR count). The number of hydrazine groups is 1. The normalized spacial score (nSPS) is 9.53. The van der Waals surface area contributed by atoms with Crippen molar-refractivity contribution in [3.8, 4) is 11.5 Å². The molecule has 6 nitrogen and oxygen atoms in total. The first-order chi connectivity index (χ1) is 7.13. The van der Waals surface area contributed by atoms with Crippen LogP contribution in [0.3, 0.4) is 0 Å². The molecule has 0 fully saturated rings. The number of methoxy groups -OCH3 is 2. The number of nitrogens with two attached hydrogens (primary N) is 1. The maximum atomic E-state index is 10.9. The average molecular weight is 212 g/mol. The van der Waals surface area contributed by atoms with Gasteiger partial charge in [0.05, 0.1) is 25.5 Å². The Balaban J connectivity index is 3.34. The molecular weight excluding hydrogens is 200 g/mol. The third-order valence-corrected chi connectivity index (χ3v) is 1.91. The molecule has 0 atom stereocenters. The van der Waals surface area contributed by atoms with Crippen molar-refractivity contribution >= 4 is 11.7 Å². The van der Waals surface area contributed by atoms with Crippen LogP contribution in [-0.2, 0) is 0 Å². The minimum absolute atomic E-state index is 0.0233. The quantitative estimate of drug-likeness (QED) is 0.502. The molecule has 0 bridgehead atoms. The fraction of sp³-hybridized carbons (Fsp3) is 0.222. The fourth-order valence-corrected chi connectivity index (χ4v) is 1.18. The lowest BCUT2D eigenvalue weighted by atomic mass is 10.1. The van der Waals surface area contributed by atoms with Crippen LogP contribution in [-0.4, -0.2) is 25.3 Å². The van der Waals surface area contributed by atoms with Crippen LogP contribution in [0.1, 0.15) is 10.4 Å². The first-order valence-corrected chi connectivity index (χ1v) is 4.10. The monoisotopic (exact) mass is 212 g/mol. The number of nitrogen functional groups attached to an aromatic ring is 1. The van der Waals surface area contributed by atoms with E-state index in [0.29, 0.717) is 11.5 Å². The highest BCUT2D eigenvalue weighted by molar-refractivity contribution is 5.95. The van der Waals surface area contributed by atoms with Crippen LogP contribution in [0.15, 0.2) is 12.1 Å². The number of hydrogen-bond acceptors (Lipinski definition) is 5. The van der Waals surface area contributed by atoms with E-state index >= 15 is 0 Å². The summed E-state index contributed by atoms with van der Waals surface area (Å²) in [7, 11) is 2.89. The molecule has 1 aromatic carbocycles. The van der Waals surface area contributed by atoms with Crippen molar-refractivity contribution in [2.45, 2.75) is 0 Å². The van der Waals surface area contributed by atoms with E-state index in [1.54, 1.807) is 0 Å². The molecule has 0 aromatic heterocycles. The molecule has 1 aromatic rings. The Morgan fingerprint density at radius 1 is 1.33 bits per heavy atom. The van der Waals surface area contributed by atoms with Gasteiger partial charge in [0.1, 0.15) is 0 Å². The number of ether oxygens (including phenoxy) is 2. The molecule has 0 aliphatic rings. The summed E-state index contributed by atoms with van der Waals surface area (Å²) in [4.78, 5) is 10.9. The van der Waals surface area contributed by atoms with Gasteiger partial charge in [0, 0.05) is 12.1 Å². The largest absolute Gasteiger partial charge is 0.493 e. The second kappa shape index (κ2) is 4.52. The number of rotatable bonds is 4. The van der Waals surface area contributed by atoms with Crippen LogP contribution in [0.2, 0.25) is 0 Å². The Bertz CT molecular complexity index is 379. The summed E-state index contributed by atoms with van der Waals surface area (Å²) in [5.41, 5.74) is 2.57. The molecule has 0 saturated heterocycles. The van der Waals surface area contributed by atoms with Crippen molar-refractivity contribution in [1.29, 1.82) is 0 Å². The first kappa shape index (κ1) is 11.1. The molecule has 0 aliphatic carbocycles. The predicted octanol–water partition coefficient (Wildman–Crippen LogP) is 0.688. The van der Waals surface area contributed by atoms with Crippen molar-refractivity contribution in [1.82, 2.24) is 0 Å². The van der Waals surface area contributed by atoms with Crippen molar-refractivity contribution in [2.75, 3.05) is 19.6 Å². The Labute approximate surface area is 86.6 Å². The van der Waals surface area contributed by atoms with Crippen molar-refractivity contribution < 1.29 is 19.4 Å². The van der Waals surface area contributed by atoms with E-state index in [1.165, 1.54) is 26.4 Å². The van der Waals surface area contributed by atoms with Gasteiger partial charge in [-0.05, 0) is 0 Å². The summed E-state index contributed by atoms with van der Waals surface area (Å²) < 4.78 is 9.97. The maximum Gasteiger partial charge on any atom is 0.337 e. The van der Waals surface area contributed by atoms with Crippen molar-refractivity contribution in [3.05, 3.63) is 17.7 Å². The number of nitrogens with one attached hydrogen (secondary N) is 1. The summed E-state index contributed by atoms with van der Waals surface area (Å²) in [6.45, 7) is 0. The van der Waals surface area contributed by atoms with E-state index in [-0.39, 0.29) is 11.3 Å². The summed E-state index contributed by atoms with van der Waals surface area (Å²) in [6, 6.07) is 2.80. The smallest absolute Gasteiger partial charge is 0.337 e. The van der Waals surface area contributed by atoms with E-state index < -0.39 is 5.97 Å². The van der Waals surface area contributed by atoms with Crippen molar-refractivity contribution in [3.63, 3.8) is 0 Å². The highest BCUT2D eigenvalue weighted by Crippen LogP contribution is 2.32. The third kappa shape index (κ3) is 2.10. The minimum atomic E-state index is -1.09. The van der Waals surface area contributed by atoms with Crippen molar-refractivity contribution in [2.24, 2.45) is 5.84 Å². The molecule has 0 radical (unpaired) electrons. The van der Waals surface area contributed by atoms with Gasteiger partial charge in [0.25, 0.3) is 0 Å². The molecule has 0 saturated carbocycles. The summed E-state index contributed by atoms with van der Waals surface area (Å²) in [6.07, 6.45) is 0. The molecule has 0 heterocycles. The number of anilines is 1. The highest BCUT2D eigenvalue weighted by Gasteiger charge is 2.15. The van der Waals surface area contributed by atoms with Crippen LogP contribution in [0.4, 0.5) is 5.69 Å². The van der Waals surface area contributed by atoms with Gasteiger partial charge >= 0.3 is 5.97 Å². The molecular formula is C9H12N2O4. The SMILES string of the molecule is COc1cc(NN)c(C(=O)O)cc1OC. The molecule has 0 unspecified atom stereocenters. The van der Waals surface area contributed by atoms with Gasteiger partial charge in [-0.3, -0.25) is 5.84 Å². The summed E-state index contributed by atoms with van der Waals surface area (Å²) in [5.74, 6) is 4.85. The average Bonchev–Trinajstić information content (AvgIpc) is 2.26. The lowest BCUT2D eigenvalue weighted by molar-refractivity contribution is 0.0697. The number of aromatic carboxylic acids is 1. The van der Waals surface area contributed by atoms with Crippen LogP contribution < -0.4 is 20.7 Å². The van der Waals surface area contributed by atoms with Gasteiger partial charge in [-0.2, -0.15) is 0 Å². The number of carbonyl (C=O) groups is 1. The maximum absolute atomic E-state index is 10.9. The van der Waals surface area contributed by atoms with E-state index in [0.717, 1.165) is 0 Å². The molecule has 0 amide bonds. The molecule has 6 heteroatoms. The zero-order chi connectivity index (χ0) is 11.4. The number of benzene rings is 1. The second-order valence-electron chi connectivity index (χ2n) is 2.70. The summed E-state index contributed by atoms with van der Waals surface area (Å²) in [5, 5.41) is 8.89. The van der Waals surface area contributed by atoms with Crippen LogP contribution in [0.25, 0.3) is 0 Å². The van der Waals surface area contributed by atoms with Gasteiger partial charge < -0.3 is 20.0 Å². The predicted molar refractivity (Wildman–Crippen MR) is 54.3 cm³/mol. The topological polar surface area (TPSA) is 93.8 Å². The fourth-order valence-electron chi connectivity index (χ4n) is 1.18. The van der Waals surface area contributed by atoms with Gasteiger partial charge in [-0.25, -0.2) is 4.79 Å². The Kier molecular flexibility index (Phi) is 3.35. The third-order valence-electron chi connectivity index (χ3n) is 1.91. The van der Waals surface area contributed by atoms with Crippen LogP contribution in [0.5, 0.6) is 11.5 Å². The summed E-state index contributed by atoms with van der Waals surface area (Å²) >= 11 is 0. The Morgan fingerprint density at radius 2 is 1.87 bits per heavy atom. The Morgan fingerprint density at radius 3 is 2.27 bits per heavy atom. The molecule has 15 heavy (non-hydrogen) atoms. The minimum Gasteiger partial charge on any atom is -0.493 e. The molecule has 4 N–H and O–H groups in total. The first-order valence-electron chi connectivity index (χ1n) is 4.10. The lowest BCUT2D eigenvalue weighted by Crippen LogP contribution is -2.12. The second-order valence-corrected chi connectivity index (χ2v) is 2.70. The number of carboxylic acid groups (broad SMARTS) is 1. The molecule has 0 aliphatic heterocycles. The zero-order valence-electron chi connectivity index (χ0n) is 8.40. The number of carboxylic acids is 1. The lowest BCUT2D eigenvalue weighted by Gasteiger charge is -2.11. The van der Waals surface area contributed by atoms with Gasteiger partial charge in [-0.1, -0.05) is 0 Å². The standard InChI is InChI=1S/C9H12N2O4/c1-14-7-3-5(9(12)13)6(11-10)4-8(7)15-2/h3-4,11H,10H2,1-2H3,(H,12,13). The Hall–Kier alpha value is -1.95. The van der Waals surface area contributed by atoms with E-state index in [2.05, 4.69) is 5.43 Å². The van der Waals surface area contributed by atoms with E-state index in [4.69, 9.17) is 20.4 Å². The molecule has 0 spiro atoms. The van der Waals surface area contributed by atoms with Gasteiger partial charge in [0.15, 0.2) is 11.5 Å². The van der Waals surface area contributed by atoms with Gasteiger partial charge in [-0.15, -0.1) is 0 Å². The highest BCUT2D eigenvalue weighted by atomic mass is 16.5. The van der Waals surface area contributed by atoms with E-state index in [1.807, 2.05) is 0 Å². The van der Waals surface area contributed by atoms with E-state index in [9.17, 15) is 4.79 Å². The number of hydrogen-bond donors (Lipinski definition) is 3. The zero-order valence-corrected chi connectivity index (χ0v) is 8.40. The molecule has 82 valence electrons. The van der Waals surface area contributed by atoms with Crippen LogP contribution in [0, 0.1) is 0 Å². The van der Waals surface area contributed by atoms with Gasteiger partial charge in [0.2, 0.25) is 0 Å².